The normalized spacial score (nSPS) is 12.6. The molecule has 0 bridgehead atoms. The highest BCUT2D eigenvalue weighted by atomic mass is 79.9. The predicted molar refractivity (Wildman–Crippen MR) is 58.1 cm³/mol. The molecule has 1 atom stereocenters. The van der Waals surface area contributed by atoms with Gasteiger partial charge >= 0.3 is 0 Å². The van der Waals surface area contributed by atoms with Crippen molar-refractivity contribution in [3.05, 3.63) is 35.1 Å². The molecule has 0 spiro atoms. The Morgan fingerprint density at radius 1 is 1.57 bits per heavy atom. The van der Waals surface area contributed by atoms with Crippen LogP contribution in [-0.4, -0.2) is 5.78 Å². The standard InChI is InChI=1S/C11H12BrFO/c1-3-8-6-9(4-5-10(8)13)11(12)7(2)14/h4-6,11H,3H2,1-2H3. The molecule has 0 aromatic heterocycles. The number of carbonyl (C=O) groups is 1. The van der Waals surface area contributed by atoms with Gasteiger partial charge in [-0.05, 0) is 30.5 Å². The van der Waals surface area contributed by atoms with Gasteiger partial charge in [0.1, 0.15) is 11.6 Å². The summed E-state index contributed by atoms with van der Waals surface area (Å²) in [6, 6.07) is 4.77. The molecular weight excluding hydrogens is 247 g/mol. The number of hydrogen-bond acceptors (Lipinski definition) is 1. The summed E-state index contributed by atoms with van der Waals surface area (Å²) in [5, 5.41) is 0. The molecule has 1 aromatic rings. The Bertz CT molecular complexity index is 349. The van der Waals surface area contributed by atoms with E-state index in [-0.39, 0.29) is 16.4 Å². The van der Waals surface area contributed by atoms with Crippen molar-refractivity contribution in [1.82, 2.24) is 0 Å². The third kappa shape index (κ3) is 2.41. The van der Waals surface area contributed by atoms with E-state index in [0.29, 0.717) is 12.0 Å². The van der Waals surface area contributed by atoms with Crippen LogP contribution >= 0.6 is 15.9 Å². The highest BCUT2D eigenvalue weighted by Gasteiger charge is 2.13. The second-order valence-electron chi connectivity index (χ2n) is 3.18. The first kappa shape index (κ1) is 11.4. The molecule has 3 heteroatoms. The number of ketones is 1. The van der Waals surface area contributed by atoms with E-state index in [2.05, 4.69) is 15.9 Å². The first-order valence-corrected chi connectivity index (χ1v) is 5.40. The maximum absolute atomic E-state index is 13.1. The fraction of sp³-hybridized carbons (Fsp3) is 0.364. The maximum atomic E-state index is 13.1. The molecule has 1 aromatic carbocycles. The van der Waals surface area contributed by atoms with Crippen LogP contribution in [0.1, 0.15) is 29.8 Å². The molecule has 0 aliphatic heterocycles. The average Bonchev–Trinajstić information content (AvgIpc) is 2.17. The van der Waals surface area contributed by atoms with Gasteiger partial charge in [-0.3, -0.25) is 4.79 Å². The minimum atomic E-state index is -0.326. The Balaban J connectivity index is 3.06. The summed E-state index contributed by atoms with van der Waals surface area (Å²) in [5.74, 6) is -0.182. The summed E-state index contributed by atoms with van der Waals surface area (Å²) < 4.78 is 13.1. The third-order valence-electron chi connectivity index (χ3n) is 2.10. The molecule has 0 fully saturated rings. The summed E-state index contributed by atoms with van der Waals surface area (Å²) >= 11 is 3.27. The van der Waals surface area contributed by atoms with Gasteiger partial charge in [0.2, 0.25) is 0 Å². The van der Waals surface area contributed by atoms with Crippen molar-refractivity contribution in [3.63, 3.8) is 0 Å². The molecule has 0 N–H and O–H groups in total. The highest BCUT2D eigenvalue weighted by Crippen LogP contribution is 2.25. The van der Waals surface area contributed by atoms with Crippen molar-refractivity contribution in [2.24, 2.45) is 0 Å². The number of Topliss-reactive ketones (excluding diaryl/α,β-unsaturated/α-hetero) is 1. The number of carbonyl (C=O) groups excluding carboxylic acids is 1. The summed E-state index contributed by atoms with van der Waals surface area (Å²) in [7, 11) is 0. The molecule has 1 rings (SSSR count). The number of alkyl halides is 1. The van der Waals surface area contributed by atoms with Gasteiger partial charge in [-0.15, -0.1) is 0 Å². The first-order chi connectivity index (χ1) is 6.56. The Morgan fingerprint density at radius 2 is 2.21 bits per heavy atom. The number of rotatable bonds is 3. The van der Waals surface area contributed by atoms with Gasteiger partial charge in [-0.2, -0.15) is 0 Å². The summed E-state index contributed by atoms with van der Waals surface area (Å²) in [6.45, 7) is 3.40. The number of aryl methyl sites for hydroxylation is 1. The zero-order valence-corrected chi connectivity index (χ0v) is 9.77. The topological polar surface area (TPSA) is 17.1 Å². The second kappa shape index (κ2) is 4.69. The van der Waals surface area contributed by atoms with Crippen molar-refractivity contribution >= 4 is 21.7 Å². The Kier molecular flexibility index (Phi) is 3.81. The minimum Gasteiger partial charge on any atom is -0.298 e. The molecule has 0 saturated heterocycles. The van der Waals surface area contributed by atoms with E-state index >= 15 is 0 Å². The Labute approximate surface area is 91.5 Å². The van der Waals surface area contributed by atoms with Gasteiger partial charge in [-0.25, -0.2) is 4.39 Å². The largest absolute Gasteiger partial charge is 0.298 e. The van der Waals surface area contributed by atoms with Crippen LogP contribution in [0.15, 0.2) is 18.2 Å². The Morgan fingerprint density at radius 3 is 2.71 bits per heavy atom. The van der Waals surface area contributed by atoms with E-state index in [1.807, 2.05) is 6.92 Å². The quantitative estimate of drug-likeness (QED) is 0.760. The van der Waals surface area contributed by atoms with Crippen LogP contribution in [-0.2, 0) is 11.2 Å². The first-order valence-electron chi connectivity index (χ1n) is 4.49. The summed E-state index contributed by atoms with van der Waals surface area (Å²) in [6.07, 6.45) is 0.636. The van der Waals surface area contributed by atoms with Gasteiger partial charge in [0, 0.05) is 0 Å². The third-order valence-corrected chi connectivity index (χ3v) is 3.27. The van der Waals surface area contributed by atoms with Crippen molar-refractivity contribution in [2.75, 3.05) is 0 Å². The lowest BCUT2D eigenvalue weighted by molar-refractivity contribution is -0.116. The van der Waals surface area contributed by atoms with Crippen LogP contribution in [0.4, 0.5) is 4.39 Å². The minimum absolute atomic E-state index is 0.0265. The lowest BCUT2D eigenvalue weighted by Gasteiger charge is -2.08. The van der Waals surface area contributed by atoms with Gasteiger partial charge in [0.15, 0.2) is 0 Å². The van der Waals surface area contributed by atoms with Crippen LogP contribution < -0.4 is 0 Å². The van der Waals surface area contributed by atoms with Crippen LogP contribution in [0.3, 0.4) is 0 Å². The zero-order valence-electron chi connectivity index (χ0n) is 8.18. The SMILES string of the molecule is CCc1cc(C(Br)C(C)=O)ccc1F. The lowest BCUT2D eigenvalue weighted by Crippen LogP contribution is -2.02. The molecule has 0 radical (unpaired) electrons. The van der Waals surface area contributed by atoms with Gasteiger partial charge in [0.25, 0.3) is 0 Å². The molecule has 1 nitrogen and oxygen atoms in total. The molecule has 76 valence electrons. The molecular formula is C11H12BrFO. The molecule has 0 heterocycles. The van der Waals surface area contributed by atoms with E-state index in [1.54, 1.807) is 12.1 Å². The van der Waals surface area contributed by atoms with E-state index in [9.17, 15) is 9.18 Å². The van der Waals surface area contributed by atoms with Crippen LogP contribution in [0.2, 0.25) is 0 Å². The molecule has 0 aliphatic rings. The van der Waals surface area contributed by atoms with Crippen LogP contribution in [0, 0.1) is 5.82 Å². The molecule has 14 heavy (non-hydrogen) atoms. The Hall–Kier alpha value is -0.700. The van der Waals surface area contributed by atoms with Crippen molar-refractivity contribution in [2.45, 2.75) is 25.1 Å². The summed E-state index contributed by atoms with van der Waals surface area (Å²) in [5.41, 5.74) is 1.46. The van der Waals surface area contributed by atoms with Crippen LogP contribution in [0.25, 0.3) is 0 Å². The molecule has 1 unspecified atom stereocenters. The average molecular weight is 259 g/mol. The number of benzene rings is 1. The molecule has 0 saturated carbocycles. The molecule has 0 amide bonds. The lowest BCUT2D eigenvalue weighted by atomic mass is 10.0. The van der Waals surface area contributed by atoms with Gasteiger partial charge in [-0.1, -0.05) is 35.0 Å². The van der Waals surface area contributed by atoms with Crippen molar-refractivity contribution < 1.29 is 9.18 Å². The predicted octanol–water partition coefficient (Wildman–Crippen LogP) is 3.41. The second-order valence-corrected chi connectivity index (χ2v) is 4.09. The van der Waals surface area contributed by atoms with E-state index < -0.39 is 0 Å². The fourth-order valence-corrected chi connectivity index (χ4v) is 1.54. The zero-order chi connectivity index (χ0) is 10.7. The fourth-order valence-electron chi connectivity index (χ4n) is 1.26. The number of hydrogen-bond donors (Lipinski definition) is 0. The smallest absolute Gasteiger partial charge is 0.147 e. The van der Waals surface area contributed by atoms with Crippen LogP contribution in [0.5, 0.6) is 0 Å². The summed E-state index contributed by atoms with van der Waals surface area (Å²) in [4.78, 5) is 10.8. The van der Waals surface area contributed by atoms with Crippen molar-refractivity contribution in [1.29, 1.82) is 0 Å². The van der Waals surface area contributed by atoms with Gasteiger partial charge in [0.05, 0.1) is 4.83 Å². The van der Waals surface area contributed by atoms with E-state index in [1.165, 1.54) is 13.0 Å². The molecule has 0 aliphatic carbocycles. The highest BCUT2D eigenvalue weighted by molar-refractivity contribution is 9.09. The van der Waals surface area contributed by atoms with Gasteiger partial charge < -0.3 is 0 Å². The van der Waals surface area contributed by atoms with E-state index in [4.69, 9.17) is 0 Å². The maximum Gasteiger partial charge on any atom is 0.147 e. The number of halogens is 2. The van der Waals surface area contributed by atoms with E-state index in [0.717, 1.165) is 5.56 Å². The monoisotopic (exact) mass is 258 g/mol. The van der Waals surface area contributed by atoms with Crippen molar-refractivity contribution in [3.8, 4) is 0 Å².